The Labute approximate surface area is 133 Å². The van der Waals surface area contributed by atoms with Gasteiger partial charge in [-0.2, -0.15) is 0 Å². The minimum absolute atomic E-state index is 0.250. The Morgan fingerprint density at radius 3 is 2.33 bits per heavy atom. The number of benzene rings is 1. The van der Waals surface area contributed by atoms with Crippen molar-refractivity contribution in [3.05, 3.63) is 54.8 Å². The quantitative estimate of drug-likeness (QED) is 0.507. The average Bonchev–Trinajstić information content (AvgIpc) is 2.31. The van der Waals surface area contributed by atoms with E-state index in [1.54, 1.807) is 24.3 Å². The number of halogens is 4. The van der Waals surface area contributed by atoms with E-state index in [2.05, 4.69) is 27.6 Å². The van der Waals surface area contributed by atoms with E-state index < -0.39 is 0 Å². The van der Waals surface area contributed by atoms with E-state index in [1.807, 2.05) is 6.07 Å². The van der Waals surface area contributed by atoms with Crippen LogP contribution in [0.15, 0.2) is 30.3 Å². The second kappa shape index (κ2) is 6.28. The van der Waals surface area contributed by atoms with Crippen molar-refractivity contribution in [3.8, 4) is 5.75 Å². The minimum Gasteiger partial charge on any atom is -0.486 e. The van der Waals surface area contributed by atoms with E-state index in [0.717, 1.165) is 9.26 Å². The molecule has 1 aromatic carbocycles. The van der Waals surface area contributed by atoms with Gasteiger partial charge in [0.25, 0.3) is 0 Å². The highest BCUT2D eigenvalue weighted by molar-refractivity contribution is 14.1. The van der Waals surface area contributed by atoms with E-state index in [0.29, 0.717) is 20.9 Å². The SMILES string of the molecule is Clc1cccc(Cl)c1COc1ccc(I)nc1Cl. The van der Waals surface area contributed by atoms with E-state index >= 15 is 0 Å². The van der Waals surface area contributed by atoms with Crippen LogP contribution in [-0.4, -0.2) is 4.98 Å². The molecule has 0 saturated heterocycles. The van der Waals surface area contributed by atoms with E-state index in [4.69, 9.17) is 39.5 Å². The molecule has 0 aliphatic heterocycles. The Morgan fingerprint density at radius 2 is 1.72 bits per heavy atom. The van der Waals surface area contributed by atoms with Gasteiger partial charge in [-0.25, -0.2) is 4.98 Å². The molecule has 1 heterocycles. The van der Waals surface area contributed by atoms with Crippen molar-refractivity contribution in [1.29, 1.82) is 0 Å². The van der Waals surface area contributed by atoms with Crippen LogP contribution in [0.1, 0.15) is 5.56 Å². The van der Waals surface area contributed by atoms with Crippen molar-refractivity contribution < 1.29 is 4.74 Å². The lowest BCUT2D eigenvalue weighted by atomic mass is 10.2. The van der Waals surface area contributed by atoms with Crippen LogP contribution in [0, 0.1) is 3.70 Å². The molecule has 2 nitrogen and oxygen atoms in total. The van der Waals surface area contributed by atoms with Crippen LogP contribution in [-0.2, 0) is 6.61 Å². The Bertz CT molecular complexity index is 557. The van der Waals surface area contributed by atoms with Gasteiger partial charge < -0.3 is 4.74 Å². The largest absolute Gasteiger partial charge is 0.486 e. The molecule has 2 rings (SSSR count). The summed E-state index contributed by atoms with van der Waals surface area (Å²) in [6, 6.07) is 8.89. The fourth-order valence-electron chi connectivity index (χ4n) is 1.33. The third-order valence-electron chi connectivity index (χ3n) is 2.21. The minimum atomic E-state index is 0.250. The number of ether oxygens (including phenoxy) is 1. The Kier molecular flexibility index (Phi) is 4.95. The van der Waals surface area contributed by atoms with Gasteiger partial charge in [-0.3, -0.25) is 0 Å². The van der Waals surface area contributed by atoms with Gasteiger partial charge in [0, 0.05) is 15.6 Å². The molecule has 0 spiro atoms. The van der Waals surface area contributed by atoms with Gasteiger partial charge >= 0.3 is 0 Å². The molecule has 0 radical (unpaired) electrons. The first-order valence-electron chi connectivity index (χ1n) is 4.95. The maximum atomic E-state index is 6.05. The predicted octanol–water partition coefficient (Wildman–Crippen LogP) is 5.23. The number of rotatable bonds is 3. The molecule has 0 saturated carbocycles. The first kappa shape index (κ1) is 14.2. The second-order valence-corrected chi connectivity index (χ2v) is 5.69. The van der Waals surface area contributed by atoms with Crippen LogP contribution in [0.3, 0.4) is 0 Å². The zero-order valence-corrected chi connectivity index (χ0v) is 13.4. The molecular formula is C12H7Cl3INO. The summed E-state index contributed by atoms with van der Waals surface area (Å²) in [7, 11) is 0. The third kappa shape index (κ3) is 3.41. The smallest absolute Gasteiger partial charge is 0.172 e. The maximum Gasteiger partial charge on any atom is 0.172 e. The number of hydrogen-bond donors (Lipinski definition) is 0. The first-order chi connectivity index (χ1) is 8.58. The molecular weight excluding hydrogens is 407 g/mol. The average molecular weight is 414 g/mol. The molecule has 0 fully saturated rings. The van der Waals surface area contributed by atoms with E-state index in [9.17, 15) is 0 Å². The van der Waals surface area contributed by atoms with Gasteiger partial charge in [0.05, 0.1) is 0 Å². The van der Waals surface area contributed by atoms with Gasteiger partial charge in [0.1, 0.15) is 10.3 Å². The zero-order chi connectivity index (χ0) is 13.1. The highest BCUT2D eigenvalue weighted by atomic mass is 127. The van der Waals surface area contributed by atoms with Crippen molar-refractivity contribution in [2.24, 2.45) is 0 Å². The number of pyridine rings is 1. The Hall–Kier alpha value is -0.230. The van der Waals surface area contributed by atoms with Crippen LogP contribution in [0.4, 0.5) is 0 Å². The topological polar surface area (TPSA) is 22.1 Å². The fraction of sp³-hybridized carbons (Fsp3) is 0.0833. The molecule has 18 heavy (non-hydrogen) atoms. The summed E-state index contributed by atoms with van der Waals surface area (Å²) in [6.07, 6.45) is 0. The molecule has 6 heteroatoms. The summed E-state index contributed by atoms with van der Waals surface area (Å²) in [5.74, 6) is 0.507. The standard InChI is InChI=1S/C12H7Cl3INO/c13-8-2-1-3-9(14)7(8)6-18-10-4-5-11(16)17-12(10)15/h1-5H,6H2. The predicted molar refractivity (Wildman–Crippen MR) is 82.8 cm³/mol. The summed E-state index contributed by atoms with van der Waals surface area (Å²) in [5, 5.41) is 1.46. The lowest BCUT2D eigenvalue weighted by Crippen LogP contribution is -1.99. The monoisotopic (exact) mass is 413 g/mol. The molecule has 0 aliphatic carbocycles. The summed E-state index contributed by atoms with van der Waals surface area (Å²) < 4.78 is 6.38. The first-order valence-corrected chi connectivity index (χ1v) is 7.17. The van der Waals surface area contributed by atoms with E-state index in [1.165, 1.54) is 0 Å². The normalized spacial score (nSPS) is 10.4. The molecule has 0 unspecified atom stereocenters. The number of aromatic nitrogens is 1. The highest BCUT2D eigenvalue weighted by Crippen LogP contribution is 2.28. The van der Waals surface area contributed by atoms with Crippen LogP contribution >= 0.6 is 57.4 Å². The molecule has 1 aromatic heterocycles. The molecule has 94 valence electrons. The van der Waals surface area contributed by atoms with Crippen molar-refractivity contribution in [2.75, 3.05) is 0 Å². The van der Waals surface area contributed by atoms with Gasteiger partial charge in [0.2, 0.25) is 0 Å². The number of hydrogen-bond acceptors (Lipinski definition) is 2. The van der Waals surface area contributed by atoms with Gasteiger partial charge in [0.15, 0.2) is 10.9 Å². The lowest BCUT2D eigenvalue weighted by Gasteiger charge is -2.10. The maximum absolute atomic E-state index is 6.05. The summed E-state index contributed by atoms with van der Waals surface area (Å²) in [5.41, 5.74) is 0.732. The number of nitrogens with zero attached hydrogens (tertiary/aromatic N) is 1. The molecule has 2 aromatic rings. The van der Waals surface area contributed by atoms with Crippen molar-refractivity contribution in [1.82, 2.24) is 4.98 Å². The third-order valence-corrected chi connectivity index (χ3v) is 3.79. The molecule has 0 N–H and O–H groups in total. The van der Waals surface area contributed by atoms with Gasteiger partial charge in [-0.1, -0.05) is 40.9 Å². The summed E-state index contributed by atoms with van der Waals surface area (Å²) in [6.45, 7) is 0.250. The summed E-state index contributed by atoms with van der Waals surface area (Å²) >= 11 is 20.1. The lowest BCUT2D eigenvalue weighted by molar-refractivity contribution is 0.305. The highest BCUT2D eigenvalue weighted by Gasteiger charge is 2.08. The van der Waals surface area contributed by atoms with Crippen molar-refractivity contribution in [2.45, 2.75) is 6.61 Å². The van der Waals surface area contributed by atoms with Crippen LogP contribution < -0.4 is 4.74 Å². The molecule has 0 bridgehead atoms. The van der Waals surface area contributed by atoms with Crippen LogP contribution in [0.25, 0.3) is 0 Å². The Balaban J connectivity index is 2.16. The second-order valence-electron chi connectivity index (χ2n) is 3.41. The van der Waals surface area contributed by atoms with Crippen molar-refractivity contribution >= 4 is 57.4 Å². The Morgan fingerprint density at radius 1 is 1.06 bits per heavy atom. The van der Waals surface area contributed by atoms with Gasteiger partial charge in [-0.05, 0) is 46.9 Å². The van der Waals surface area contributed by atoms with Crippen molar-refractivity contribution in [3.63, 3.8) is 0 Å². The van der Waals surface area contributed by atoms with Gasteiger partial charge in [-0.15, -0.1) is 0 Å². The van der Waals surface area contributed by atoms with E-state index in [-0.39, 0.29) is 6.61 Å². The molecule has 0 amide bonds. The van der Waals surface area contributed by atoms with Crippen LogP contribution in [0.2, 0.25) is 15.2 Å². The zero-order valence-electron chi connectivity index (χ0n) is 8.96. The van der Waals surface area contributed by atoms with Crippen LogP contribution in [0.5, 0.6) is 5.75 Å². The molecule has 0 atom stereocenters. The molecule has 0 aliphatic rings. The fourth-order valence-corrected chi connectivity index (χ4v) is 2.61. The summed E-state index contributed by atoms with van der Waals surface area (Å²) in [4.78, 5) is 4.09.